The second-order valence-corrected chi connectivity index (χ2v) is 6.67. The standard InChI is InChI=1S/C12H16F3N3O2S/c1-16-7-10-6-11(8-17-10)21(19,20)18-4-2-9(3-5-18)12(13,14)15/h2,6,8,16-17H,3-5,7H2,1H3. The van der Waals surface area contributed by atoms with Gasteiger partial charge in [0.2, 0.25) is 10.0 Å². The van der Waals surface area contributed by atoms with E-state index in [2.05, 4.69) is 10.3 Å². The van der Waals surface area contributed by atoms with Crippen LogP contribution in [0, 0.1) is 0 Å². The number of hydrogen-bond acceptors (Lipinski definition) is 3. The highest BCUT2D eigenvalue weighted by atomic mass is 32.2. The van der Waals surface area contributed by atoms with Crippen LogP contribution in [0.1, 0.15) is 12.1 Å². The number of aromatic amines is 1. The van der Waals surface area contributed by atoms with E-state index in [0.717, 1.165) is 10.4 Å². The number of halogens is 3. The fourth-order valence-corrected chi connectivity index (χ4v) is 3.54. The van der Waals surface area contributed by atoms with Gasteiger partial charge in [0, 0.05) is 37.1 Å². The van der Waals surface area contributed by atoms with E-state index in [1.165, 1.54) is 12.3 Å². The van der Waals surface area contributed by atoms with Crippen LogP contribution in [0.15, 0.2) is 28.8 Å². The van der Waals surface area contributed by atoms with E-state index in [-0.39, 0.29) is 24.4 Å². The monoisotopic (exact) mass is 323 g/mol. The maximum absolute atomic E-state index is 12.5. The molecule has 0 saturated carbocycles. The largest absolute Gasteiger partial charge is 0.412 e. The summed E-state index contributed by atoms with van der Waals surface area (Å²) in [5, 5.41) is 2.88. The number of nitrogens with one attached hydrogen (secondary N) is 2. The molecule has 9 heteroatoms. The van der Waals surface area contributed by atoms with Crippen LogP contribution < -0.4 is 5.32 Å². The van der Waals surface area contributed by atoms with Crippen LogP contribution in [-0.2, 0) is 16.6 Å². The van der Waals surface area contributed by atoms with Gasteiger partial charge in [0.25, 0.3) is 0 Å². The normalized spacial score (nSPS) is 17.8. The summed E-state index contributed by atoms with van der Waals surface area (Å²) in [6, 6.07) is 1.48. The molecule has 21 heavy (non-hydrogen) atoms. The van der Waals surface area contributed by atoms with Crippen LogP contribution in [0.3, 0.4) is 0 Å². The van der Waals surface area contributed by atoms with Crippen molar-refractivity contribution in [3.05, 3.63) is 29.6 Å². The SMILES string of the molecule is CNCc1cc(S(=O)(=O)N2CC=C(C(F)(F)F)CC2)c[nH]1. The fourth-order valence-electron chi connectivity index (χ4n) is 2.14. The lowest BCUT2D eigenvalue weighted by molar-refractivity contribution is -0.0953. The summed E-state index contributed by atoms with van der Waals surface area (Å²) in [7, 11) is -2.04. The number of sulfonamides is 1. The first-order chi connectivity index (χ1) is 9.75. The molecular formula is C12H16F3N3O2S. The van der Waals surface area contributed by atoms with Gasteiger partial charge < -0.3 is 10.3 Å². The smallest absolute Gasteiger partial charge is 0.363 e. The Morgan fingerprint density at radius 3 is 2.67 bits per heavy atom. The summed E-state index contributed by atoms with van der Waals surface area (Å²) in [6.45, 7) is 0.0532. The Kier molecular flexibility index (Phi) is 4.45. The average molecular weight is 323 g/mol. The van der Waals surface area contributed by atoms with Gasteiger partial charge in [-0.3, -0.25) is 0 Å². The van der Waals surface area contributed by atoms with Crippen LogP contribution in [0.5, 0.6) is 0 Å². The van der Waals surface area contributed by atoms with E-state index < -0.39 is 21.8 Å². The molecule has 1 aliphatic rings. The summed E-state index contributed by atoms with van der Waals surface area (Å²) in [5.41, 5.74) is 0.0264. The summed E-state index contributed by atoms with van der Waals surface area (Å²) < 4.78 is 63.3. The molecule has 1 aliphatic heterocycles. The first-order valence-corrected chi connectivity index (χ1v) is 7.77. The number of aromatic nitrogens is 1. The molecule has 0 amide bonds. The molecule has 2 N–H and O–H groups in total. The van der Waals surface area contributed by atoms with Crippen LogP contribution in [0.2, 0.25) is 0 Å². The highest BCUT2D eigenvalue weighted by molar-refractivity contribution is 7.89. The van der Waals surface area contributed by atoms with E-state index in [4.69, 9.17) is 0 Å². The Hall–Kier alpha value is -1.32. The highest BCUT2D eigenvalue weighted by Crippen LogP contribution is 2.31. The minimum Gasteiger partial charge on any atom is -0.363 e. The molecule has 1 aromatic heterocycles. The number of rotatable bonds is 4. The van der Waals surface area contributed by atoms with E-state index >= 15 is 0 Å². The van der Waals surface area contributed by atoms with Crippen molar-refractivity contribution < 1.29 is 21.6 Å². The van der Waals surface area contributed by atoms with Gasteiger partial charge in [-0.25, -0.2) is 8.42 Å². The third kappa shape index (κ3) is 3.47. The van der Waals surface area contributed by atoms with Crippen molar-refractivity contribution in [2.45, 2.75) is 24.0 Å². The molecule has 0 fully saturated rings. The predicted octanol–water partition coefficient (Wildman–Crippen LogP) is 1.62. The molecule has 0 radical (unpaired) electrons. The molecule has 2 heterocycles. The van der Waals surface area contributed by atoms with Crippen LogP contribution in [-0.4, -0.2) is 44.0 Å². The lowest BCUT2D eigenvalue weighted by Crippen LogP contribution is -2.36. The molecule has 0 unspecified atom stereocenters. The second-order valence-electron chi connectivity index (χ2n) is 4.73. The fraction of sp³-hybridized carbons (Fsp3) is 0.500. The molecule has 0 bridgehead atoms. The molecule has 0 aliphatic carbocycles. The van der Waals surface area contributed by atoms with Crippen molar-refractivity contribution >= 4 is 10.0 Å². The third-order valence-corrected chi connectivity index (χ3v) is 5.10. The summed E-state index contributed by atoms with van der Waals surface area (Å²) in [5.74, 6) is 0. The van der Waals surface area contributed by atoms with Gasteiger partial charge in [-0.1, -0.05) is 6.08 Å². The first-order valence-electron chi connectivity index (χ1n) is 6.33. The number of nitrogens with zero attached hydrogens (tertiary/aromatic N) is 1. The quantitative estimate of drug-likeness (QED) is 0.828. The number of hydrogen-bond donors (Lipinski definition) is 2. The second kappa shape index (κ2) is 5.82. The van der Waals surface area contributed by atoms with Gasteiger partial charge >= 0.3 is 6.18 Å². The Labute approximate surface area is 120 Å². The molecule has 0 spiro atoms. The lowest BCUT2D eigenvalue weighted by Gasteiger charge is -2.26. The molecule has 118 valence electrons. The number of H-pyrrole nitrogens is 1. The van der Waals surface area contributed by atoms with Crippen molar-refractivity contribution in [1.82, 2.24) is 14.6 Å². The molecule has 5 nitrogen and oxygen atoms in total. The third-order valence-electron chi connectivity index (χ3n) is 3.26. The van der Waals surface area contributed by atoms with Gasteiger partial charge in [0.05, 0.1) is 4.90 Å². The molecule has 0 saturated heterocycles. The summed E-state index contributed by atoms with van der Waals surface area (Å²) in [4.78, 5) is 2.89. The molecule has 2 rings (SSSR count). The summed E-state index contributed by atoms with van der Waals surface area (Å²) >= 11 is 0. The maximum Gasteiger partial charge on any atom is 0.412 e. The molecule has 0 atom stereocenters. The van der Waals surface area contributed by atoms with Gasteiger partial charge in [-0.15, -0.1) is 0 Å². The zero-order valence-corrected chi connectivity index (χ0v) is 12.2. The Morgan fingerprint density at radius 2 is 2.14 bits per heavy atom. The van der Waals surface area contributed by atoms with Crippen LogP contribution >= 0.6 is 0 Å². The minimum atomic E-state index is -4.39. The van der Waals surface area contributed by atoms with E-state index in [0.29, 0.717) is 12.2 Å². The van der Waals surface area contributed by atoms with E-state index in [1.54, 1.807) is 7.05 Å². The Bertz CT molecular complexity index is 634. The van der Waals surface area contributed by atoms with Crippen LogP contribution in [0.4, 0.5) is 13.2 Å². The van der Waals surface area contributed by atoms with E-state index in [1.807, 2.05) is 0 Å². The van der Waals surface area contributed by atoms with Crippen molar-refractivity contribution in [3.63, 3.8) is 0 Å². The maximum atomic E-state index is 12.5. The zero-order chi connectivity index (χ0) is 15.7. The van der Waals surface area contributed by atoms with Gasteiger partial charge in [-0.2, -0.15) is 17.5 Å². The van der Waals surface area contributed by atoms with Crippen molar-refractivity contribution in [2.24, 2.45) is 0 Å². The van der Waals surface area contributed by atoms with Gasteiger partial charge in [-0.05, 0) is 19.5 Å². The van der Waals surface area contributed by atoms with Crippen molar-refractivity contribution in [3.8, 4) is 0 Å². The van der Waals surface area contributed by atoms with Crippen LogP contribution in [0.25, 0.3) is 0 Å². The lowest BCUT2D eigenvalue weighted by atomic mass is 10.1. The minimum absolute atomic E-state index is 0.0663. The Morgan fingerprint density at radius 1 is 1.43 bits per heavy atom. The van der Waals surface area contributed by atoms with E-state index in [9.17, 15) is 21.6 Å². The molecule has 0 aromatic carbocycles. The molecule has 1 aromatic rings. The topological polar surface area (TPSA) is 65.2 Å². The van der Waals surface area contributed by atoms with Crippen molar-refractivity contribution in [1.29, 1.82) is 0 Å². The molecular weight excluding hydrogens is 307 g/mol. The average Bonchev–Trinajstić information content (AvgIpc) is 2.88. The van der Waals surface area contributed by atoms with Gasteiger partial charge in [0.15, 0.2) is 0 Å². The zero-order valence-electron chi connectivity index (χ0n) is 11.4. The first kappa shape index (κ1) is 16.1. The predicted molar refractivity (Wildman–Crippen MR) is 71.1 cm³/mol. The number of alkyl halides is 3. The van der Waals surface area contributed by atoms with Crippen molar-refractivity contribution in [2.75, 3.05) is 20.1 Å². The van der Waals surface area contributed by atoms with Gasteiger partial charge in [0.1, 0.15) is 0 Å². The highest BCUT2D eigenvalue weighted by Gasteiger charge is 2.37. The summed E-state index contributed by atoms with van der Waals surface area (Å²) in [6.07, 6.45) is -2.42. The Balaban J connectivity index is 2.16.